The fourth-order valence-corrected chi connectivity index (χ4v) is 2.11. The number of piperidine rings is 1. The Balaban J connectivity index is 2.34. The number of amides is 1. The van der Waals surface area contributed by atoms with Crippen molar-refractivity contribution in [2.24, 2.45) is 0 Å². The highest BCUT2D eigenvalue weighted by molar-refractivity contribution is 5.90. The lowest BCUT2D eigenvalue weighted by Crippen LogP contribution is -2.54. The molecule has 1 saturated heterocycles. The summed E-state index contributed by atoms with van der Waals surface area (Å²) in [6.07, 6.45) is 0.665. The highest BCUT2D eigenvalue weighted by Gasteiger charge is 2.34. The van der Waals surface area contributed by atoms with Gasteiger partial charge < -0.3 is 16.2 Å². The zero-order chi connectivity index (χ0) is 13.1. The normalized spacial score (nSPS) is 23.6. The Kier molecular flexibility index (Phi) is 3.61. The maximum absolute atomic E-state index is 13.9. The number of rotatable bonds is 2. The third-order valence-electron chi connectivity index (χ3n) is 2.99. The average Bonchev–Trinajstić information content (AvgIpc) is 2.34. The molecule has 1 aliphatic heterocycles. The lowest BCUT2D eigenvalue weighted by Gasteiger charge is -2.35. The molecule has 0 saturated carbocycles. The van der Waals surface area contributed by atoms with Crippen molar-refractivity contribution in [2.45, 2.75) is 18.6 Å². The van der Waals surface area contributed by atoms with Crippen LogP contribution in [0.1, 0.15) is 6.42 Å². The highest BCUT2D eigenvalue weighted by atomic mass is 19.1. The highest BCUT2D eigenvalue weighted by Crippen LogP contribution is 2.27. The van der Waals surface area contributed by atoms with E-state index in [9.17, 15) is 14.3 Å². The van der Waals surface area contributed by atoms with Crippen LogP contribution in [0.4, 0.5) is 20.6 Å². The second kappa shape index (κ2) is 5.18. The molecule has 2 atom stereocenters. The number of alkyl halides is 1. The number of carboxylic acid groups (broad SMARTS) is 1. The molecule has 1 aromatic rings. The molecule has 0 radical (unpaired) electrons. The van der Waals surface area contributed by atoms with Crippen LogP contribution in [-0.4, -0.2) is 41.5 Å². The first-order valence-electron chi connectivity index (χ1n) is 5.67. The molecular weight excluding hydrogens is 239 g/mol. The van der Waals surface area contributed by atoms with E-state index in [0.717, 1.165) is 4.90 Å². The summed E-state index contributed by atoms with van der Waals surface area (Å²) in [6.45, 7) is 0.826. The zero-order valence-corrected chi connectivity index (χ0v) is 9.71. The molecule has 1 fully saturated rings. The topological polar surface area (TPSA) is 91.5 Å². The molecule has 1 amide bonds. The van der Waals surface area contributed by atoms with E-state index in [-0.39, 0.29) is 17.9 Å². The van der Waals surface area contributed by atoms with Crippen molar-refractivity contribution in [1.82, 2.24) is 10.3 Å². The fourth-order valence-electron chi connectivity index (χ4n) is 2.11. The van der Waals surface area contributed by atoms with Gasteiger partial charge in [0.1, 0.15) is 6.17 Å². The molecular formula is C11H15FN4O2. The molecule has 6 nitrogen and oxygen atoms in total. The standard InChI is InChI=1S/C11H15FN4O2/c12-7-1-3-15-6-10(7)16(11(17)18)9-2-4-14-5-8(9)13/h2,4-5,7,10,15H,1,3,6,13H2,(H,17,18)/t7-,10-/m0/s1. The van der Waals surface area contributed by atoms with Crippen LogP contribution in [0.15, 0.2) is 18.5 Å². The van der Waals surface area contributed by atoms with E-state index >= 15 is 0 Å². The summed E-state index contributed by atoms with van der Waals surface area (Å²) < 4.78 is 13.9. The van der Waals surface area contributed by atoms with Crippen LogP contribution in [0.5, 0.6) is 0 Å². The molecule has 1 aliphatic rings. The molecule has 0 bridgehead atoms. The van der Waals surface area contributed by atoms with Gasteiger partial charge in [-0.05, 0) is 19.0 Å². The Bertz CT molecular complexity index is 443. The van der Waals surface area contributed by atoms with Gasteiger partial charge >= 0.3 is 6.09 Å². The van der Waals surface area contributed by atoms with Crippen LogP contribution in [-0.2, 0) is 0 Å². The molecule has 2 rings (SSSR count). The van der Waals surface area contributed by atoms with Crippen LogP contribution in [0.25, 0.3) is 0 Å². The van der Waals surface area contributed by atoms with Gasteiger partial charge in [-0.2, -0.15) is 0 Å². The Morgan fingerprint density at radius 2 is 2.44 bits per heavy atom. The summed E-state index contributed by atoms with van der Waals surface area (Å²) in [4.78, 5) is 16.1. The zero-order valence-electron chi connectivity index (χ0n) is 9.71. The Labute approximate surface area is 104 Å². The van der Waals surface area contributed by atoms with E-state index in [0.29, 0.717) is 13.0 Å². The van der Waals surface area contributed by atoms with Gasteiger partial charge in [0, 0.05) is 12.7 Å². The Morgan fingerprint density at radius 1 is 1.67 bits per heavy atom. The van der Waals surface area contributed by atoms with Gasteiger partial charge in [0.15, 0.2) is 0 Å². The molecule has 1 aromatic heterocycles. The lowest BCUT2D eigenvalue weighted by atomic mass is 10.0. The minimum absolute atomic E-state index is 0.220. The number of nitrogens with one attached hydrogen (secondary N) is 1. The molecule has 7 heteroatoms. The van der Waals surface area contributed by atoms with Crippen molar-refractivity contribution in [1.29, 1.82) is 0 Å². The number of nitrogens with two attached hydrogens (primary N) is 1. The molecule has 18 heavy (non-hydrogen) atoms. The summed E-state index contributed by atoms with van der Waals surface area (Å²) in [5.41, 5.74) is 6.19. The van der Waals surface area contributed by atoms with Crippen LogP contribution < -0.4 is 16.0 Å². The van der Waals surface area contributed by atoms with E-state index in [1.807, 2.05) is 0 Å². The van der Waals surface area contributed by atoms with Crippen LogP contribution >= 0.6 is 0 Å². The van der Waals surface area contributed by atoms with E-state index in [1.54, 1.807) is 0 Å². The van der Waals surface area contributed by atoms with Crippen LogP contribution in [0.2, 0.25) is 0 Å². The number of nitrogens with zero attached hydrogens (tertiary/aromatic N) is 2. The quantitative estimate of drug-likeness (QED) is 0.727. The van der Waals surface area contributed by atoms with Gasteiger partial charge in [0.25, 0.3) is 0 Å². The summed E-state index contributed by atoms with van der Waals surface area (Å²) in [5, 5.41) is 12.3. The number of nitrogen functional groups attached to an aromatic ring is 1. The number of anilines is 2. The molecule has 98 valence electrons. The molecule has 2 heterocycles. The van der Waals surface area contributed by atoms with Crippen molar-refractivity contribution in [3.63, 3.8) is 0 Å². The number of aromatic nitrogens is 1. The van der Waals surface area contributed by atoms with Gasteiger partial charge in [0.2, 0.25) is 0 Å². The summed E-state index contributed by atoms with van der Waals surface area (Å²) in [7, 11) is 0. The maximum Gasteiger partial charge on any atom is 0.412 e. The third-order valence-corrected chi connectivity index (χ3v) is 2.99. The summed E-state index contributed by atoms with van der Waals surface area (Å²) in [5.74, 6) is 0. The number of hydrogen-bond donors (Lipinski definition) is 3. The van der Waals surface area contributed by atoms with Gasteiger partial charge in [-0.1, -0.05) is 0 Å². The van der Waals surface area contributed by atoms with E-state index in [4.69, 9.17) is 5.73 Å². The molecule has 0 unspecified atom stereocenters. The first-order valence-corrected chi connectivity index (χ1v) is 5.67. The van der Waals surface area contributed by atoms with Gasteiger partial charge in [-0.3, -0.25) is 9.88 Å². The predicted molar refractivity (Wildman–Crippen MR) is 65.3 cm³/mol. The van der Waals surface area contributed by atoms with Gasteiger partial charge in [-0.15, -0.1) is 0 Å². The smallest absolute Gasteiger partial charge is 0.412 e. The number of hydrogen-bond acceptors (Lipinski definition) is 4. The van der Waals surface area contributed by atoms with Crippen LogP contribution in [0.3, 0.4) is 0 Å². The number of carbonyl (C=O) groups is 1. The number of halogens is 1. The minimum atomic E-state index is -1.22. The van der Waals surface area contributed by atoms with E-state index in [2.05, 4.69) is 10.3 Å². The second-order valence-electron chi connectivity index (χ2n) is 4.16. The fraction of sp³-hybridized carbons (Fsp3) is 0.455. The van der Waals surface area contributed by atoms with Crippen molar-refractivity contribution < 1.29 is 14.3 Å². The van der Waals surface area contributed by atoms with E-state index in [1.165, 1.54) is 18.5 Å². The largest absolute Gasteiger partial charge is 0.465 e. The lowest BCUT2D eigenvalue weighted by molar-refractivity contribution is 0.179. The van der Waals surface area contributed by atoms with Crippen molar-refractivity contribution in [3.8, 4) is 0 Å². The van der Waals surface area contributed by atoms with Crippen molar-refractivity contribution in [3.05, 3.63) is 18.5 Å². The average molecular weight is 254 g/mol. The van der Waals surface area contributed by atoms with Gasteiger partial charge in [0.05, 0.1) is 23.6 Å². The molecule has 4 N–H and O–H groups in total. The Hall–Kier alpha value is -1.89. The van der Waals surface area contributed by atoms with Gasteiger partial charge in [-0.25, -0.2) is 9.18 Å². The first kappa shape index (κ1) is 12.6. The number of pyridine rings is 1. The molecule has 0 spiro atoms. The first-order chi connectivity index (χ1) is 8.61. The van der Waals surface area contributed by atoms with Crippen molar-refractivity contribution in [2.75, 3.05) is 23.7 Å². The Morgan fingerprint density at radius 3 is 3.06 bits per heavy atom. The molecule has 0 aromatic carbocycles. The maximum atomic E-state index is 13.9. The summed E-state index contributed by atoms with van der Waals surface area (Å²) in [6, 6.07) is 0.714. The predicted octanol–water partition coefficient (Wildman–Crippen LogP) is 0.848. The second-order valence-corrected chi connectivity index (χ2v) is 4.16. The minimum Gasteiger partial charge on any atom is -0.465 e. The monoisotopic (exact) mass is 254 g/mol. The van der Waals surface area contributed by atoms with Crippen molar-refractivity contribution >= 4 is 17.5 Å². The van der Waals surface area contributed by atoms with Crippen LogP contribution in [0, 0.1) is 0 Å². The summed E-state index contributed by atoms with van der Waals surface area (Å²) >= 11 is 0. The third kappa shape index (κ3) is 2.35. The molecule has 0 aliphatic carbocycles. The van der Waals surface area contributed by atoms with E-state index < -0.39 is 18.3 Å². The SMILES string of the molecule is Nc1cnccc1N(C(=O)O)[C@H]1CNCC[C@@H]1F.